The molecule has 1 heterocycles. The monoisotopic (exact) mass is 410 g/mol. The lowest BCUT2D eigenvalue weighted by molar-refractivity contribution is 0.964. The molecule has 1 aromatic heterocycles. The van der Waals surface area contributed by atoms with Crippen molar-refractivity contribution in [2.75, 3.05) is 0 Å². The van der Waals surface area contributed by atoms with Crippen LogP contribution in [0.3, 0.4) is 0 Å². The zero-order chi connectivity index (χ0) is 18.0. The Morgan fingerprint density at radius 1 is 1.08 bits per heavy atom. The molecule has 0 amide bonds. The summed E-state index contributed by atoms with van der Waals surface area (Å²) in [4.78, 5) is 0. The van der Waals surface area contributed by atoms with Gasteiger partial charge in [-0.2, -0.15) is 5.26 Å². The third-order valence-corrected chi connectivity index (χ3v) is 4.91. The maximum atomic E-state index is 9.57. The van der Waals surface area contributed by atoms with Crippen molar-refractivity contribution in [3.63, 3.8) is 0 Å². The Balaban J connectivity index is 2.06. The second-order valence-electron chi connectivity index (χ2n) is 5.82. The normalized spacial score (nSPS) is 11.4. The number of rotatable bonds is 3. The molecule has 0 N–H and O–H groups in total. The van der Waals surface area contributed by atoms with Crippen LogP contribution in [-0.4, -0.2) is 4.57 Å². The molecule has 0 fully saturated rings. The fourth-order valence-corrected chi connectivity index (χ4v) is 3.28. The van der Waals surface area contributed by atoms with Crippen molar-refractivity contribution in [3.8, 4) is 11.8 Å². The van der Waals surface area contributed by atoms with Crippen molar-refractivity contribution in [3.05, 3.63) is 86.6 Å². The average Bonchev–Trinajstić information content (AvgIpc) is 2.88. The van der Waals surface area contributed by atoms with E-state index < -0.39 is 0 Å². The predicted octanol–water partition coefficient (Wildman–Crippen LogP) is 6.57. The summed E-state index contributed by atoms with van der Waals surface area (Å²) in [6, 6.07) is 19.9. The van der Waals surface area contributed by atoms with Crippen LogP contribution in [0, 0.1) is 25.2 Å². The summed E-state index contributed by atoms with van der Waals surface area (Å²) >= 11 is 9.42. The molecule has 3 rings (SSSR count). The quantitative estimate of drug-likeness (QED) is 0.448. The fourth-order valence-electron chi connectivity index (χ4n) is 2.89. The Kier molecular flexibility index (Phi) is 5.13. The lowest BCUT2D eigenvalue weighted by Gasteiger charge is -2.09. The van der Waals surface area contributed by atoms with Crippen LogP contribution >= 0.6 is 27.5 Å². The van der Waals surface area contributed by atoms with Crippen LogP contribution in [-0.2, 0) is 0 Å². The first kappa shape index (κ1) is 17.5. The molecule has 0 atom stereocenters. The van der Waals surface area contributed by atoms with Gasteiger partial charge in [0.15, 0.2) is 0 Å². The van der Waals surface area contributed by atoms with Gasteiger partial charge >= 0.3 is 0 Å². The van der Waals surface area contributed by atoms with Crippen molar-refractivity contribution in [1.82, 2.24) is 4.57 Å². The van der Waals surface area contributed by atoms with Crippen LogP contribution in [0.4, 0.5) is 0 Å². The molecule has 0 aliphatic heterocycles. The first-order valence-corrected chi connectivity index (χ1v) is 8.99. The third kappa shape index (κ3) is 3.71. The topological polar surface area (TPSA) is 28.7 Å². The molecule has 0 saturated carbocycles. The molecule has 0 bridgehead atoms. The van der Waals surface area contributed by atoms with Gasteiger partial charge in [0.25, 0.3) is 0 Å². The van der Waals surface area contributed by atoms with Gasteiger partial charge in [0, 0.05) is 26.6 Å². The Morgan fingerprint density at radius 2 is 1.72 bits per heavy atom. The van der Waals surface area contributed by atoms with Crippen LogP contribution in [0.2, 0.25) is 5.02 Å². The Morgan fingerprint density at radius 3 is 2.32 bits per heavy atom. The minimum atomic E-state index is 0.642. The van der Waals surface area contributed by atoms with Gasteiger partial charge in [-0.15, -0.1) is 0 Å². The fraction of sp³-hybridized carbons (Fsp3) is 0.0952. The van der Waals surface area contributed by atoms with Gasteiger partial charge in [-0.3, -0.25) is 0 Å². The first-order valence-electron chi connectivity index (χ1n) is 7.82. The van der Waals surface area contributed by atoms with E-state index in [2.05, 4.69) is 46.5 Å². The SMILES string of the molecule is Cc1cc(/C=C(/C#N)c2ccc(Br)cc2)c(C)n1-c1ccc(Cl)cc1. The molecule has 25 heavy (non-hydrogen) atoms. The first-order chi connectivity index (χ1) is 12.0. The Bertz CT molecular complexity index is 974. The van der Waals surface area contributed by atoms with Gasteiger partial charge in [-0.25, -0.2) is 0 Å². The van der Waals surface area contributed by atoms with Crippen molar-refractivity contribution in [2.24, 2.45) is 0 Å². The van der Waals surface area contributed by atoms with Gasteiger partial charge in [0.1, 0.15) is 0 Å². The lowest BCUT2D eigenvalue weighted by atomic mass is 10.0. The third-order valence-electron chi connectivity index (χ3n) is 4.13. The molecule has 4 heteroatoms. The standard InChI is InChI=1S/C21H16BrClN2/c1-14-11-17(12-18(13-24)16-3-5-19(22)6-4-16)15(2)25(14)21-9-7-20(23)8-10-21/h3-12H,1-2H3/b18-12-. The van der Waals surface area contributed by atoms with Crippen LogP contribution < -0.4 is 0 Å². The molecule has 0 spiro atoms. The summed E-state index contributed by atoms with van der Waals surface area (Å²) in [6.45, 7) is 4.12. The maximum Gasteiger partial charge on any atom is 0.0998 e. The van der Waals surface area contributed by atoms with Gasteiger partial charge in [-0.1, -0.05) is 39.7 Å². The van der Waals surface area contributed by atoms with E-state index in [1.165, 1.54) is 0 Å². The van der Waals surface area contributed by atoms with Gasteiger partial charge < -0.3 is 4.57 Å². The molecular weight excluding hydrogens is 396 g/mol. The molecule has 0 aliphatic carbocycles. The van der Waals surface area contributed by atoms with Crippen LogP contribution in [0.15, 0.2) is 59.1 Å². The summed E-state index contributed by atoms with van der Waals surface area (Å²) in [5.74, 6) is 0. The van der Waals surface area contributed by atoms with Crippen molar-refractivity contribution in [2.45, 2.75) is 13.8 Å². The van der Waals surface area contributed by atoms with E-state index >= 15 is 0 Å². The largest absolute Gasteiger partial charge is 0.318 e. The van der Waals surface area contributed by atoms with Gasteiger partial charge in [-0.05, 0) is 73.5 Å². The van der Waals surface area contributed by atoms with E-state index in [1.807, 2.05) is 54.6 Å². The average molecular weight is 412 g/mol. The van der Waals surface area contributed by atoms with Crippen molar-refractivity contribution < 1.29 is 0 Å². The molecule has 0 saturated heterocycles. The van der Waals surface area contributed by atoms with Crippen molar-refractivity contribution >= 4 is 39.2 Å². The van der Waals surface area contributed by atoms with E-state index in [9.17, 15) is 5.26 Å². The number of nitriles is 1. The van der Waals surface area contributed by atoms with E-state index in [-0.39, 0.29) is 0 Å². The zero-order valence-electron chi connectivity index (χ0n) is 13.9. The van der Waals surface area contributed by atoms with E-state index in [0.717, 1.165) is 32.7 Å². The number of aryl methyl sites for hydroxylation is 1. The number of aromatic nitrogens is 1. The van der Waals surface area contributed by atoms with Crippen LogP contribution in [0.25, 0.3) is 17.3 Å². The summed E-state index contributed by atoms with van der Waals surface area (Å²) in [7, 11) is 0. The maximum absolute atomic E-state index is 9.57. The molecule has 0 aliphatic rings. The molecule has 2 aromatic carbocycles. The molecule has 0 unspecified atom stereocenters. The number of allylic oxidation sites excluding steroid dienone is 1. The molecule has 3 aromatic rings. The summed E-state index contributed by atoms with van der Waals surface area (Å²) in [5, 5.41) is 10.3. The zero-order valence-corrected chi connectivity index (χ0v) is 16.3. The van der Waals surface area contributed by atoms with E-state index in [0.29, 0.717) is 10.6 Å². The summed E-state index contributed by atoms with van der Waals surface area (Å²) in [5.41, 5.74) is 5.84. The van der Waals surface area contributed by atoms with Crippen molar-refractivity contribution in [1.29, 1.82) is 5.26 Å². The summed E-state index contributed by atoms with van der Waals surface area (Å²) < 4.78 is 3.16. The number of halogens is 2. The Labute approximate surface area is 161 Å². The summed E-state index contributed by atoms with van der Waals surface area (Å²) in [6.07, 6.45) is 1.94. The number of benzene rings is 2. The molecule has 124 valence electrons. The number of nitrogens with zero attached hydrogens (tertiary/aromatic N) is 2. The van der Waals surface area contributed by atoms with Gasteiger partial charge in [0.2, 0.25) is 0 Å². The number of hydrogen-bond donors (Lipinski definition) is 0. The molecular formula is C21H16BrClN2. The van der Waals surface area contributed by atoms with E-state index in [4.69, 9.17) is 11.6 Å². The highest BCUT2D eigenvalue weighted by Gasteiger charge is 2.11. The van der Waals surface area contributed by atoms with Crippen LogP contribution in [0.5, 0.6) is 0 Å². The molecule has 2 nitrogen and oxygen atoms in total. The highest BCUT2D eigenvalue weighted by molar-refractivity contribution is 9.10. The second-order valence-corrected chi connectivity index (χ2v) is 7.17. The van der Waals surface area contributed by atoms with Crippen LogP contribution in [0.1, 0.15) is 22.5 Å². The number of hydrogen-bond acceptors (Lipinski definition) is 1. The second kappa shape index (κ2) is 7.31. The lowest BCUT2D eigenvalue weighted by Crippen LogP contribution is -1.98. The molecule has 0 radical (unpaired) electrons. The predicted molar refractivity (Wildman–Crippen MR) is 108 cm³/mol. The Hall–Kier alpha value is -2.28. The minimum Gasteiger partial charge on any atom is -0.318 e. The minimum absolute atomic E-state index is 0.642. The smallest absolute Gasteiger partial charge is 0.0998 e. The highest BCUT2D eigenvalue weighted by Crippen LogP contribution is 2.26. The van der Waals surface area contributed by atoms with Gasteiger partial charge in [0.05, 0.1) is 11.6 Å². The highest BCUT2D eigenvalue weighted by atomic mass is 79.9. The van der Waals surface area contributed by atoms with E-state index in [1.54, 1.807) is 0 Å².